The van der Waals surface area contributed by atoms with Crippen LogP contribution in [0.2, 0.25) is 0 Å². The van der Waals surface area contributed by atoms with Crippen LogP contribution in [0.4, 0.5) is 0 Å². The molecular formula is C18H30O2. The van der Waals surface area contributed by atoms with E-state index in [1.165, 1.54) is 22.3 Å². The molecule has 1 atom stereocenters. The molecule has 0 aliphatic carbocycles. The van der Waals surface area contributed by atoms with Crippen LogP contribution in [0.3, 0.4) is 0 Å². The molecule has 1 N–H and O–H groups in total. The Morgan fingerprint density at radius 2 is 1.60 bits per heavy atom. The van der Waals surface area contributed by atoms with E-state index in [9.17, 15) is 5.11 Å². The monoisotopic (exact) mass is 278 g/mol. The highest BCUT2D eigenvalue weighted by molar-refractivity contribution is 5.40. The second kappa shape index (κ2) is 6.73. The van der Waals surface area contributed by atoms with Crippen LogP contribution in [0.5, 0.6) is 0 Å². The Hall–Kier alpha value is -0.860. The van der Waals surface area contributed by atoms with Crippen molar-refractivity contribution in [3.05, 3.63) is 34.4 Å². The van der Waals surface area contributed by atoms with Gasteiger partial charge in [-0.05, 0) is 55.4 Å². The predicted octanol–water partition coefficient (Wildman–Crippen LogP) is 3.93. The van der Waals surface area contributed by atoms with E-state index in [0.29, 0.717) is 13.0 Å². The number of hydrogen-bond donors (Lipinski definition) is 1. The van der Waals surface area contributed by atoms with Crippen LogP contribution in [-0.2, 0) is 16.6 Å². The topological polar surface area (TPSA) is 29.5 Å². The van der Waals surface area contributed by atoms with E-state index in [2.05, 4.69) is 46.8 Å². The average Bonchev–Trinajstić information content (AvgIpc) is 2.29. The van der Waals surface area contributed by atoms with E-state index in [0.717, 1.165) is 0 Å². The Morgan fingerprint density at radius 1 is 1.10 bits per heavy atom. The first-order chi connectivity index (χ1) is 9.11. The molecule has 2 heteroatoms. The molecule has 20 heavy (non-hydrogen) atoms. The van der Waals surface area contributed by atoms with Gasteiger partial charge in [0.2, 0.25) is 0 Å². The normalized spacial score (nSPS) is 13.8. The first kappa shape index (κ1) is 17.2. The van der Waals surface area contributed by atoms with Gasteiger partial charge < -0.3 is 9.84 Å². The highest BCUT2D eigenvalue weighted by atomic mass is 16.5. The van der Waals surface area contributed by atoms with Crippen molar-refractivity contribution >= 4 is 0 Å². The van der Waals surface area contributed by atoms with Crippen molar-refractivity contribution in [2.45, 2.75) is 72.5 Å². The van der Waals surface area contributed by atoms with Crippen molar-refractivity contribution in [2.75, 3.05) is 6.61 Å². The summed E-state index contributed by atoms with van der Waals surface area (Å²) in [6, 6.07) is 4.50. The fourth-order valence-corrected chi connectivity index (χ4v) is 2.35. The Kier molecular flexibility index (Phi) is 5.79. The van der Waals surface area contributed by atoms with Crippen molar-refractivity contribution in [3.63, 3.8) is 0 Å². The second-order valence-electron chi connectivity index (χ2n) is 7.08. The zero-order valence-electron chi connectivity index (χ0n) is 14.1. The van der Waals surface area contributed by atoms with Gasteiger partial charge in [-0.15, -0.1) is 0 Å². The molecule has 1 aromatic carbocycles. The number of ether oxygens (including phenoxy) is 1. The van der Waals surface area contributed by atoms with Crippen LogP contribution in [0, 0.1) is 13.8 Å². The average molecular weight is 278 g/mol. The third-order valence-corrected chi connectivity index (χ3v) is 3.62. The maximum atomic E-state index is 10.1. The molecule has 0 saturated heterocycles. The van der Waals surface area contributed by atoms with Gasteiger partial charge in [0.25, 0.3) is 0 Å². The SMILES string of the molecule is Cc1cc(C(C)(C)C)cc(C)c1CC(O)COC(C)C. The van der Waals surface area contributed by atoms with Gasteiger partial charge in [-0.25, -0.2) is 0 Å². The van der Waals surface area contributed by atoms with Gasteiger partial charge >= 0.3 is 0 Å². The first-order valence-corrected chi connectivity index (χ1v) is 7.51. The van der Waals surface area contributed by atoms with E-state index in [1.54, 1.807) is 0 Å². The van der Waals surface area contributed by atoms with Crippen LogP contribution < -0.4 is 0 Å². The largest absolute Gasteiger partial charge is 0.390 e. The quantitative estimate of drug-likeness (QED) is 0.884. The van der Waals surface area contributed by atoms with Crippen LogP contribution in [0.15, 0.2) is 12.1 Å². The summed E-state index contributed by atoms with van der Waals surface area (Å²) in [7, 11) is 0. The van der Waals surface area contributed by atoms with Crippen molar-refractivity contribution in [1.82, 2.24) is 0 Å². The molecule has 0 aliphatic rings. The van der Waals surface area contributed by atoms with Crippen LogP contribution in [0.1, 0.15) is 56.9 Å². The third kappa shape index (κ3) is 4.92. The predicted molar refractivity (Wildman–Crippen MR) is 85.4 cm³/mol. The lowest BCUT2D eigenvalue weighted by Gasteiger charge is -2.23. The van der Waals surface area contributed by atoms with Gasteiger partial charge in [-0.1, -0.05) is 32.9 Å². The van der Waals surface area contributed by atoms with Gasteiger partial charge in [-0.2, -0.15) is 0 Å². The number of hydrogen-bond acceptors (Lipinski definition) is 2. The third-order valence-electron chi connectivity index (χ3n) is 3.62. The zero-order valence-corrected chi connectivity index (χ0v) is 14.1. The van der Waals surface area contributed by atoms with E-state index in [-0.39, 0.29) is 11.5 Å². The number of aryl methyl sites for hydroxylation is 2. The minimum Gasteiger partial charge on any atom is -0.390 e. The Labute approximate surface area is 124 Å². The number of aliphatic hydroxyl groups excluding tert-OH is 1. The highest BCUT2D eigenvalue weighted by Crippen LogP contribution is 2.27. The van der Waals surface area contributed by atoms with E-state index in [1.807, 2.05) is 13.8 Å². The number of rotatable bonds is 5. The summed E-state index contributed by atoms with van der Waals surface area (Å²) < 4.78 is 5.48. The van der Waals surface area contributed by atoms with Crippen molar-refractivity contribution in [3.8, 4) is 0 Å². The smallest absolute Gasteiger partial charge is 0.0814 e. The molecule has 1 rings (SSSR count). The lowest BCUT2D eigenvalue weighted by Crippen LogP contribution is -2.22. The summed E-state index contributed by atoms with van der Waals surface area (Å²) in [5.41, 5.74) is 5.28. The summed E-state index contributed by atoms with van der Waals surface area (Å²) in [5, 5.41) is 10.1. The number of benzene rings is 1. The van der Waals surface area contributed by atoms with Crippen molar-refractivity contribution in [1.29, 1.82) is 0 Å². The van der Waals surface area contributed by atoms with E-state index >= 15 is 0 Å². The summed E-state index contributed by atoms with van der Waals surface area (Å²) in [4.78, 5) is 0. The molecule has 0 bridgehead atoms. The maximum Gasteiger partial charge on any atom is 0.0814 e. The van der Waals surface area contributed by atoms with Gasteiger partial charge in [0, 0.05) is 6.42 Å². The molecular weight excluding hydrogens is 248 g/mol. The highest BCUT2D eigenvalue weighted by Gasteiger charge is 2.17. The lowest BCUT2D eigenvalue weighted by molar-refractivity contribution is 0.00611. The maximum absolute atomic E-state index is 10.1. The van der Waals surface area contributed by atoms with Gasteiger partial charge in [0.1, 0.15) is 0 Å². The van der Waals surface area contributed by atoms with Gasteiger partial charge in [0.05, 0.1) is 18.8 Å². The molecule has 2 nitrogen and oxygen atoms in total. The first-order valence-electron chi connectivity index (χ1n) is 7.51. The molecule has 0 aromatic heterocycles. The van der Waals surface area contributed by atoms with E-state index in [4.69, 9.17) is 4.74 Å². The molecule has 1 unspecified atom stereocenters. The Bertz CT molecular complexity index is 418. The molecule has 114 valence electrons. The fourth-order valence-electron chi connectivity index (χ4n) is 2.35. The molecule has 0 fully saturated rings. The van der Waals surface area contributed by atoms with Crippen LogP contribution in [0.25, 0.3) is 0 Å². The summed E-state index contributed by atoms with van der Waals surface area (Å²) in [6.45, 7) is 15.3. The Morgan fingerprint density at radius 3 is 2.00 bits per heavy atom. The molecule has 0 radical (unpaired) electrons. The molecule has 0 spiro atoms. The standard InChI is InChI=1S/C18H30O2/c1-12(2)20-11-16(19)10-17-13(3)8-15(9-14(17)4)18(5,6)7/h8-9,12,16,19H,10-11H2,1-7H3. The molecule has 0 aliphatic heterocycles. The van der Waals surface area contributed by atoms with Gasteiger partial charge in [-0.3, -0.25) is 0 Å². The van der Waals surface area contributed by atoms with Gasteiger partial charge in [0.15, 0.2) is 0 Å². The summed E-state index contributed by atoms with van der Waals surface area (Å²) in [5.74, 6) is 0. The molecule has 0 heterocycles. The molecule has 0 saturated carbocycles. The van der Waals surface area contributed by atoms with Crippen molar-refractivity contribution < 1.29 is 9.84 Å². The van der Waals surface area contributed by atoms with Crippen LogP contribution in [-0.4, -0.2) is 23.9 Å². The second-order valence-corrected chi connectivity index (χ2v) is 7.08. The number of aliphatic hydroxyl groups is 1. The Balaban J connectivity index is 2.86. The fraction of sp³-hybridized carbons (Fsp3) is 0.667. The van der Waals surface area contributed by atoms with Crippen molar-refractivity contribution in [2.24, 2.45) is 0 Å². The minimum absolute atomic E-state index is 0.160. The molecule has 0 amide bonds. The molecule has 1 aromatic rings. The van der Waals surface area contributed by atoms with Crippen LogP contribution >= 0.6 is 0 Å². The summed E-state index contributed by atoms with van der Waals surface area (Å²) >= 11 is 0. The zero-order chi connectivity index (χ0) is 15.5. The summed E-state index contributed by atoms with van der Waals surface area (Å²) in [6.07, 6.45) is 0.389. The lowest BCUT2D eigenvalue weighted by atomic mass is 9.83. The van der Waals surface area contributed by atoms with E-state index < -0.39 is 6.10 Å². The minimum atomic E-state index is -0.435.